The van der Waals surface area contributed by atoms with Crippen molar-refractivity contribution in [2.75, 3.05) is 58.1 Å². The van der Waals surface area contributed by atoms with Gasteiger partial charge in [-0.05, 0) is 79.8 Å². The summed E-state index contributed by atoms with van der Waals surface area (Å²) in [6, 6.07) is 17.2. The molecule has 0 spiro atoms. The van der Waals surface area contributed by atoms with Crippen LogP contribution in [-0.2, 0) is 20.4 Å². The summed E-state index contributed by atoms with van der Waals surface area (Å²) < 4.78 is 0. The fourth-order valence-electron chi connectivity index (χ4n) is 9.41. The summed E-state index contributed by atoms with van der Waals surface area (Å²) in [5, 5.41) is 6.18. The number of benzene rings is 2. The number of nitrogens with two attached hydrogens (primary N) is 1. The van der Waals surface area contributed by atoms with Gasteiger partial charge in [0.05, 0.1) is 0 Å². The molecule has 2 aromatic rings. The average molecular weight is 658 g/mol. The molecule has 0 aromatic heterocycles. The molecule has 2 saturated heterocycles. The van der Waals surface area contributed by atoms with Crippen molar-refractivity contribution in [1.29, 1.82) is 0 Å². The first kappa shape index (κ1) is 36.4. The molecule has 0 bridgehead atoms. The summed E-state index contributed by atoms with van der Waals surface area (Å²) in [5.74, 6) is 2.85. The lowest BCUT2D eigenvalue weighted by molar-refractivity contribution is -0.120. The maximum Gasteiger partial charge on any atom is 0.216 e. The number of likely N-dealkylation sites (tertiary alicyclic amines) is 2. The van der Waals surface area contributed by atoms with E-state index in [9.17, 15) is 9.59 Å². The van der Waals surface area contributed by atoms with E-state index in [2.05, 4.69) is 77.6 Å². The number of carbonyl (C=O) groups is 2. The second kappa shape index (κ2) is 16.2. The minimum Gasteiger partial charge on any atom is -0.399 e. The monoisotopic (exact) mass is 657 g/mol. The highest BCUT2D eigenvalue weighted by Gasteiger charge is 2.69. The van der Waals surface area contributed by atoms with E-state index >= 15 is 0 Å². The maximum atomic E-state index is 11.5. The molecule has 2 amide bonds. The second-order valence-electron chi connectivity index (χ2n) is 15.5. The van der Waals surface area contributed by atoms with Crippen LogP contribution in [0.15, 0.2) is 48.5 Å². The van der Waals surface area contributed by atoms with Gasteiger partial charge in [0.1, 0.15) is 0 Å². The lowest BCUT2D eigenvalue weighted by atomic mass is 9.88. The normalized spacial score (nSPS) is 28.6. The molecule has 4 fully saturated rings. The molecule has 6 rings (SSSR count). The smallest absolute Gasteiger partial charge is 0.216 e. The SMILES string of the molecule is CCCCCCN1CC2C(C1)C2(CNC(C)=O)c1cccc(C)c1.CCCCCCN1CC2C(C1)C2(CNC(C)=O)c1cccc(N)c1. The van der Waals surface area contributed by atoms with Crippen molar-refractivity contribution in [1.82, 2.24) is 20.4 Å². The summed E-state index contributed by atoms with van der Waals surface area (Å²) in [6.07, 6.45) is 10.6. The average Bonchev–Trinajstić information content (AvgIpc) is 3.61. The highest BCUT2D eigenvalue weighted by molar-refractivity contribution is 5.73. The van der Waals surface area contributed by atoms with E-state index in [0.717, 1.165) is 31.9 Å². The molecule has 2 heterocycles. The van der Waals surface area contributed by atoms with Crippen LogP contribution in [0.25, 0.3) is 0 Å². The summed E-state index contributed by atoms with van der Waals surface area (Å²) >= 11 is 0. The van der Waals surface area contributed by atoms with Crippen LogP contribution >= 0.6 is 0 Å². The molecule has 4 atom stereocenters. The zero-order chi connectivity index (χ0) is 34.3. The van der Waals surface area contributed by atoms with Crippen LogP contribution in [0.4, 0.5) is 5.69 Å². The molecule has 4 aliphatic rings. The molecule has 2 aliphatic heterocycles. The van der Waals surface area contributed by atoms with Crippen LogP contribution < -0.4 is 16.4 Å². The molecule has 48 heavy (non-hydrogen) atoms. The number of nitrogen functional groups attached to an aromatic ring is 1. The molecule has 4 N–H and O–H groups in total. The Labute approximate surface area is 290 Å². The molecule has 0 radical (unpaired) electrons. The summed E-state index contributed by atoms with van der Waals surface area (Å²) in [7, 11) is 0. The fourth-order valence-corrected chi connectivity index (χ4v) is 9.41. The van der Waals surface area contributed by atoms with E-state index in [0.29, 0.717) is 23.7 Å². The topological polar surface area (TPSA) is 90.7 Å². The Morgan fingerprint density at radius 3 is 1.52 bits per heavy atom. The molecule has 264 valence electrons. The van der Waals surface area contributed by atoms with E-state index in [-0.39, 0.29) is 22.6 Å². The summed E-state index contributed by atoms with van der Waals surface area (Å²) in [4.78, 5) is 28.2. The first-order valence-electron chi connectivity index (χ1n) is 19.0. The largest absolute Gasteiger partial charge is 0.399 e. The van der Waals surface area contributed by atoms with Crippen LogP contribution in [0.2, 0.25) is 0 Å². The third-order valence-electron chi connectivity index (χ3n) is 12.1. The summed E-state index contributed by atoms with van der Waals surface area (Å²) in [6.45, 7) is 18.6. The number of anilines is 1. The number of nitrogens with zero attached hydrogens (tertiary/aromatic N) is 2. The Morgan fingerprint density at radius 1 is 0.688 bits per heavy atom. The van der Waals surface area contributed by atoms with Gasteiger partial charge in [0.2, 0.25) is 11.8 Å². The third-order valence-corrected chi connectivity index (χ3v) is 12.1. The first-order valence-corrected chi connectivity index (χ1v) is 19.0. The second-order valence-corrected chi connectivity index (χ2v) is 15.5. The number of piperidine rings is 2. The van der Waals surface area contributed by atoms with Crippen LogP contribution in [-0.4, -0.2) is 74.0 Å². The van der Waals surface area contributed by atoms with Crippen LogP contribution in [0.1, 0.15) is 95.8 Å². The van der Waals surface area contributed by atoms with Gasteiger partial charge in [-0.3, -0.25) is 9.59 Å². The van der Waals surface area contributed by atoms with E-state index in [1.54, 1.807) is 13.8 Å². The van der Waals surface area contributed by atoms with Gasteiger partial charge in [0, 0.05) is 69.6 Å². The van der Waals surface area contributed by atoms with Gasteiger partial charge in [-0.2, -0.15) is 0 Å². The number of amides is 2. The van der Waals surface area contributed by atoms with Gasteiger partial charge in [-0.15, -0.1) is 0 Å². The number of fused-ring (bicyclic) bond motifs is 2. The number of rotatable bonds is 16. The highest BCUT2D eigenvalue weighted by Crippen LogP contribution is 2.64. The van der Waals surface area contributed by atoms with Crippen LogP contribution in [0.5, 0.6) is 0 Å². The van der Waals surface area contributed by atoms with Crippen molar-refractivity contribution < 1.29 is 9.59 Å². The minimum absolute atomic E-state index is 0.0553. The van der Waals surface area contributed by atoms with Crippen LogP contribution in [0.3, 0.4) is 0 Å². The van der Waals surface area contributed by atoms with Gasteiger partial charge in [-0.25, -0.2) is 0 Å². The van der Waals surface area contributed by atoms with Gasteiger partial charge in [0.25, 0.3) is 0 Å². The molecule has 7 nitrogen and oxygen atoms in total. The summed E-state index contributed by atoms with van der Waals surface area (Å²) in [5.41, 5.74) is 11.2. The van der Waals surface area contributed by atoms with E-state index in [1.807, 2.05) is 12.1 Å². The number of aryl methyl sites for hydroxylation is 1. The zero-order valence-electron chi connectivity index (χ0n) is 30.5. The third kappa shape index (κ3) is 8.10. The lowest BCUT2D eigenvalue weighted by Crippen LogP contribution is -2.38. The molecular formula is C41H63N5O2. The number of hydrogen-bond donors (Lipinski definition) is 3. The molecule has 7 heteroatoms. The Morgan fingerprint density at radius 2 is 1.12 bits per heavy atom. The van der Waals surface area contributed by atoms with Crippen molar-refractivity contribution in [2.45, 2.75) is 96.8 Å². The number of unbranched alkanes of at least 4 members (excludes halogenated alkanes) is 6. The van der Waals surface area contributed by atoms with Gasteiger partial charge < -0.3 is 26.2 Å². The Balaban J connectivity index is 0.000000188. The molecule has 2 aliphatic carbocycles. The van der Waals surface area contributed by atoms with Crippen molar-refractivity contribution in [2.24, 2.45) is 23.7 Å². The van der Waals surface area contributed by atoms with Gasteiger partial charge in [0.15, 0.2) is 0 Å². The Kier molecular flexibility index (Phi) is 12.3. The quantitative estimate of drug-likeness (QED) is 0.146. The van der Waals surface area contributed by atoms with Gasteiger partial charge >= 0.3 is 0 Å². The van der Waals surface area contributed by atoms with E-state index < -0.39 is 0 Å². The van der Waals surface area contributed by atoms with E-state index in [1.165, 1.54) is 94.2 Å². The predicted molar refractivity (Wildman–Crippen MR) is 198 cm³/mol. The standard InChI is InChI=1S/C21H32N2O.C20H31N3O/c1-4-5-6-7-11-23-13-19-20(14-23)21(19,15-22-17(3)24)18-10-8-9-16(2)12-18;1-3-4-5-6-10-23-12-18-19(13-23)20(18,14-22-15(2)24)16-8-7-9-17(21)11-16/h8-10,12,19-20H,4-7,11,13-15H2,1-3H3,(H,22,24);7-9,11,18-19H,3-6,10,12-14,21H2,1-2H3,(H,22,24). The fraction of sp³-hybridized carbons (Fsp3) is 0.659. The van der Waals surface area contributed by atoms with Crippen molar-refractivity contribution in [3.63, 3.8) is 0 Å². The molecular weight excluding hydrogens is 594 g/mol. The molecule has 4 unspecified atom stereocenters. The number of hydrogen-bond acceptors (Lipinski definition) is 5. The van der Waals surface area contributed by atoms with Crippen LogP contribution in [0, 0.1) is 30.6 Å². The van der Waals surface area contributed by atoms with Crippen molar-refractivity contribution >= 4 is 17.5 Å². The number of carbonyl (C=O) groups excluding carboxylic acids is 2. The van der Waals surface area contributed by atoms with E-state index in [4.69, 9.17) is 5.73 Å². The number of nitrogens with one attached hydrogen (secondary N) is 2. The predicted octanol–water partition coefficient (Wildman–Crippen LogP) is 6.30. The highest BCUT2D eigenvalue weighted by atomic mass is 16.2. The Hall–Kier alpha value is -2.90. The minimum atomic E-state index is 0.0553. The molecule has 2 saturated carbocycles. The molecule has 2 aromatic carbocycles. The Bertz CT molecular complexity index is 1250. The van der Waals surface area contributed by atoms with Crippen molar-refractivity contribution in [3.8, 4) is 0 Å². The van der Waals surface area contributed by atoms with Crippen molar-refractivity contribution in [3.05, 3.63) is 65.2 Å². The van der Waals surface area contributed by atoms with Gasteiger partial charge in [-0.1, -0.05) is 94.3 Å². The lowest BCUT2D eigenvalue weighted by Gasteiger charge is -2.27. The first-order chi connectivity index (χ1) is 23.1. The zero-order valence-corrected chi connectivity index (χ0v) is 30.5. The maximum absolute atomic E-state index is 11.5.